The number of nitrogens with one attached hydrogen (secondary N) is 1. The molecule has 3 aromatic heterocycles. The minimum absolute atomic E-state index is 0.00347. The first-order valence-electron chi connectivity index (χ1n) is 9.31. The van der Waals surface area contributed by atoms with Crippen molar-refractivity contribution in [1.29, 1.82) is 0 Å². The SMILES string of the molecule is CCC1(c2cccc(-c3cn(C)c4cnc(NC(C)=O)cc34)n2)CCOC1. The van der Waals surface area contributed by atoms with E-state index in [0.717, 1.165) is 53.9 Å². The number of amides is 1. The molecule has 1 fully saturated rings. The number of nitrogens with zero attached hydrogens (tertiary/aromatic N) is 3. The molecule has 0 spiro atoms. The molecular formula is C21H24N4O2. The van der Waals surface area contributed by atoms with Crippen molar-refractivity contribution in [2.24, 2.45) is 7.05 Å². The maximum absolute atomic E-state index is 11.4. The van der Waals surface area contributed by atoms with Gasteiger partial charge < -0.3 is 14.6 Å². The van der Waals surface area contributed by atoms with Gasteiger partial charge in [0.2, 0.25) is 5.91 Å². The molecule has 1 atom stereocenters. The number of anilines is 1. The van der Waals surface area contributed by atoms with Gasteiger partial charge in [-0.05, 0) is 31.0 Å². The number of hydrogen-bond acceptors (Lipinski definition) is 4. The highest BCUT2D eigenvalue weighted by Gasteiger charge is 2.36. The van der Waals surface area contributed by atoms with E-state index in [-0.39, 0.29) is 11.3 Å². The number of rotatable bonds is 4. The van der Waals surface area contributed by atoms with E-state index in [1.54, 1.807) is 6.20 Å². The van der Waals surface area contributed by atoms with Gasteiger partial charge in [-0.3, -0.25) is 9.78 Å². The van der Waals surface area contributed by atoms with E-state index in [9.17, 15) is 4.79 Å². The second kappa shape index (κ2) is 6.78. The van der Waals surface area contributed by atoms with Crippen LogP contribution in [0.15, 0.2) is 36.7 Å². The summed E-state index contributed by atoms with van der Waals surface area (Å²) < 4.78 is 7.73. The monoisotopic (exact) mass is 364 g/mol. The molecule has 4 rings (SSSR count). The molecule has 1 unspecified atom stereocenters. The van der Waals surface area contributed by atoms with Gasteiger partial charge in [-0.25, -0.2) is 4.98 Å². The zero-order valence-electron chi connectivity index (χ0n) is 16.0. The Bertz CT molecular complexity index is 1000. The van der Waals surface area contributed by atoms with Crippen LogP contribution < -0.4 is 5.32 Å². The van der Waals surface area contributed by atoms with E-state index >= 15 is 0 Å². The number of aromatic nitrogens is 3. The predicted octanol–water partition coefficient (Wildman–Crippen LogP) is 3.66. The number of ether oxygens (including phenoxy) is 1. The van der Waals surface area contributed by atoms with Crippen LogP contribution in [-0.2, 0) is 22.0 Å². The molecule has 0 radical (unpaired) electrons. The summed E-state index contributed by atoms with van der Waals surface area (Å²) in [5, 5.41) is 3.78. The minimum atomic E-state index is -0.134. The Balaban J connectivity index is 1.82. The molecule has 0 aliphatic carbocycles. The smallest absolute Gasteiger partial charge is 0.222 e. The van der Waals surface area contributed by atoms with Crippen LogP contribution in [0.1, 0.15) is 32.4 Å². The number of carbonyl (C=O) groups excluding carboxylic acids is 1. The van der Waals surface area contributed by atoms with E-state index in [4.69, 9.17) is 9.72 Å². The average Bonchev–Trinajstić information content (AvgIpc) is 3.27. The molecule has 1 aliphatic heterocycles. The maximum Gasteiger partial charge on any atom is 0.222 e. The van der Waals surface area contributed by atoms with Crippen LogP contribution in [0.4, 0.5) is 5.82 Å². The summed E-state index contributed by atoms with van der Waals surface area (Å²) in [5.41, 5.74) is 4.06. The van der Waals surface area contributed by atoms with Crippen molar-refractivity contribution in [2.75, 3.05) is 18.5 Å². The Morgan fingerprint density at radius 3 is 2.96 bits per heavy atom. The molecular weight excluding hydrogens is 340 g/mol. The Morgan fingerprint density at radius 1 is 1.41 bits per heavy atom. The van der Waals surface area contributed by atoms with Crippen molar-refractivity contribution in [2.45, 2.75) is 32.1 Å². The average molecular weight is 364 g/mol. The highest BCUT2D eigenvalue weighted by atomic mass is 16.5. The summed E-state index contributed by atoms with van der Waals surface area (Å²) in [4.78, 5) is 20.7. The molecule has 0 saturated carbocycles. The van der Waals surface area contributed by atoms with E-state index in [1.165, 1.54) is 6.92 Å². The van der Waals surface area contributed by atoms with Crippen LogP contribution in [0.2, 0.25) is 0 Å². The lowest BCUT2D eigenvalue weighted by atomic mass is 9.80. The predicted molar refractivity (Wildman–Crippen MR) is 106 cm³/mol. The number of carbonyl (C=O) groups is 1. The number of fused-ring (bicyclic) bond motifs is 1. The Kier molecular flexibility index (Phi) is 4.44. The summed E-state index contributed by atoms with van der Waals surface area (Å²) in [7, 11) is 1.99. The highest BCUT2D eigenvalue weighted by molar-refractivity contribution is 5.98. The summed E-state index contributed by atoms with van der Waals surface area (Å²) in [6.45, 7) is 5.20. The molecule has 1 aliphatic rings. The third kappa shape index (κ3) is 3.10. The van der Waals surface area contributed by atoms with Gasteiger partial charge in [-0.15, -0.1) is 0 Å². The van der Waals surface area contributed by atoms with Gasteiger partial charge in [0, 0.05) is 48.8 Å². The standard InChI is InChI=1S/C21H24N4O2/c1-4-21(8-9-27-13-21)19-7-5-6-17(24-19)16-12-25(3)18-11-22-20(10-15(16)18)23-14(2)26/h5-7,10-12H,4,8-9,13H2,1-3H3,(H,22,23,26). The lowest BCUT2D eigenvalue weighted by Gasteiger charge is -2.25. The van der Waals surface area contributed by atoms with E-state index in [0.29, 0.717) is 5.82 Å². The molecule has 6 nitrogen and oxygen atoms in total. The molecule has 0 aromatic carbocycles. The van der Waals surface area contributed by atoms with E-state index < -0.39 is 0 Å². The lowest BCUT2D eigenvalue weighted by Crippen LogP contribution is -2.26. The Hall–Kier alpha value is -2.73. The van der Waals surface area contributed by atoms with Crippen LogP contribution in [0.5, 0.6) is 0 Å². The minimum Gasteiger partial charge on any atom is -0.380 e. The van der Waals surface area contributed by atoms with Gasteiger partial charge in [-0.2, -0.15) is 0 Å². The third-order valence-electron chi connectivity index (χ3n) is 5.53. The summed E-state index contributed by atoms with van der Waals surface area (Å²) >= 11 is 0. The largest absolute Gasteiger partial charge is 0.380 e. The first kappa shape index (κ1) is 17.7. The molecule has 6 heteroatoms. The molecule has 3 aromatic rings. The van der Waals surface area contributed by atoms with Gasteiger partial charge in [0.1, 0.15) is 5.82 Å². The zero-order chi connectivity index (χ0) is 19.0. The van der Waals surface area contributed by atoms with E-state index in [2.05, 4.69) is 35.6 Å². The quantitative estimate of drug-likeness (QED) is 0.767. The van der Waals surface area contributed by atoms with Crippen LogP contribution in [-0.4, -0.2) is 33.7 Å². The molecule has 1 amide bonds. The number of hydrogen-bond donors (Lipinski definition) is 1. The second-order valence-corrected chi connectivity index (χ2v) is 7.27. The van der Waals surface area contributed by atoms with E-state index in [1.807, 2.05) is 23.7 Å². The van der Waals surface area contributed by atoms with Gasteiger partial charge in [0.15, 0.2) is 0 Å². The molecule has 4 heterocycles. The lowest BCUT2D eigenvalue weighted by molar-refractivity contribution is -0.114. The fraction of sp³-hybridized carbons (Fsp3) is 0.381. The summed E-state index contributed by atoms with van der Waals surface area (Å²) in [6.07, 6.45) is 5.87. The van der Waals surface area contributed by atoms with Crippen LogP contribution in [0.25, 0.3) is 22.2 Å². The van der Waals surface area contributed by atoms with Crippen molar-refractivity contribution >= 4 is 22.6 Å². The number of aryl methyl sites for hydroxylation is 1. The van der Waals surface area contributed by atoms with Gasteiger partial charge in [0.25, 0.3) is 0 Å². The van der Waals surface area contributed by atoms with Crippen molar-refractivity contribution < 1.29 is 9.53 Å². The normalized spacial score (nSPS) is 19.5. The van der Waals surface area contributed by atoms with Crippen molar-refractivity contribution in [3.8, 4) is 11.3 Å². The third-order valence-corrected chi connectivity index (χ3v) is 5.53. The number of pyridine rings is 2. The molecule has 27 heavy (non-hydrogen) atoms. The molecule has 0 bridgehead atoms. The van der Waals surface area contributed by atoms with Crippen molar-refractivity contribution in [3.05, 3.63) is 42.4 Å². The van der Waals surface area contributed by atoms with Gasteiger partial charge in [0.05, 0.1) is 24.0 Å². The molecule has 1 saturated heterocycles. The van der Waals surface area contributed by atoms with Crippen LogP contribution >= 0.6 is 0 Å². The zero-order valence-corrected chi connectivity index (χ0v) is 16.0. The topological polar surface area (TPSA) is 69.0 Å². The summed E-state index contributed by atoms with van der Waals surface area (Å²) in [6, 6.07) is 8.13. The molecule has 140 valence electrons. The first-order valence-corrected chi connectivity index (χ1v) is 9.31. The maximum atomic E-state index is 11.4. The van der Waals surface area contributed by atoms with Crippen molar-refractivity contribution in [1.82, 2.24) is 14.5 Å². The highest BCUT2D eigenvalue weighted by Crippen LogP contribution is 2.37. The summed E-state index contributed by atoms with van der Waals surface area (Å²) in [5.74, 6) is 0.415. The molecule has 1 N–H and O–H groups in total. The van der Waals surface area contributed by atoms with Gasteiger partial charge in [-0.1, -0.05) is 13.0 Å². The van der Waals surface area contributed by atoms with Crippen molar-refractivity contribution in [3.63, 3.8) is 0 Å². The Labute approximate surface area is 158 Å². The first-order chi connectivity index (χ1) is 13.0. The fourth-order valence-electron chi connectivity index (χ4n) is 3.88. The second-order valence-electron chi connectivity index (χ2n) is 7.27. The van der Waals surface area contributed by atoms with Crippen LogP contribution in [0, 0.1) is 0 Å². The Morgan fingerprint density at radius 2 is 2.26 bits per heavy atom. The van der Waals surface area contributed by atoms with Crippen LogP contribution in [0.3, 0.4) is 0 Å². The van der Waals surface area contributed by atoms with Gasteiger partial charge >= 0.3 is 0 Å². The fourth-order valence-corrected chi connectivity index (χ4v) is 3.88.